The summed E-state index contributed by atoms with van der Waals surface area (Å²) >= 11 is 0. The molecule has 1 atom stereocenters. The molecule has 0 aliphatic carbocycles. The number of rotatable bonds is 6. The number of benzene rings is 1. The van der Waals surface area contributed by atoms with Crippen molar-refractivity contribution in [3.8, 4) is 0 Å². The van der Waals surface area contributed by atoms with Gasteiger partial charge in [-0.1, -0.05) is 30.3 Å². The number of amides is 2. The first kappa shape index (κ1) is 18.4. The van der Waals surface area contributed by atoms with Gasteiger partial charge in [0.25, 0.3) is 0 Å². The molecule has 1 fully saturated rings. The predicted molar refractivity (Wildman–Crippen MR) is 100 cm³/mol. The fraction of sp³-hybridized carbons (Fsp3) is 0.400. The summed E-state index contributed by atoms with van der Waals surface area (Å²) in [6.07, 6.45) is 3.75. The van der Waals surface area contributed by atoms with E-state index in [1.807, 2.05) is 24.3 Å². The Bertz CT molecular complexity index is 708. The van der Waals surface area contributed by atoms with Crippen LogP contribution in [0.5, 0.6) is 0 Å². The van der Waals surface area contributed by atoms with Gasteiger partial charge in [-0.2, -0.15) is 0 Å². The van der Waals surface area contributed by atoms with Crippen LogP contribution in [0.4, 0.5) is 4.79 Å². The molecular formula is C20H26N4O2. The van der Waals surface area contributed by atoms with Crippen molar-refractivity contribution in [2.75, 3.05) is 19.7 Å². The van der Waals surface area contributed by atoms with Gasteiger partial charge in [0.05, 0.1) is 12.7 Å². The molecule has 2 amide bonds. The highest BCUT2D eigenvalue weighted by Gasteiger charge is 2.16. The summed E-state index contributed by atoms with van der Waals surface area (Å²) in [4.78, 5) is 18.4. The Hall–Kier alpha value is -2.44. The monoisotopic (exact) mass is 354 g/mol. The summed E-state index contributed by atoms with van der Waals surface area (Å²) in [6.45, 7) is 6.70. The van der Waals surface area contributed by atoms with Gasteiger partial charge in [-0.3, -0.25) is 9.88 Å². The Morgan fingerprint density at radius 3 is 2.73 bits per heavy atom. The Balaban J connectivity index is 1.45. The third-order valence-corrected chi connectivity index (χ3v) is 4.35. The molecule has 0 saturated carbocycles. The van der Waals surface area contributed by atoms with Gasteiger partial charge < -0.3 is 15.4 Å². The van der Waals surface area contributed by atoms with E-state index in [1.54, 1.807) is 12.4 Å². The van der Waals surface area contributed by atoms with E-state index >= 15 is 0 Å². The zero-order chi connectivity index (χ0) is 18.2. The number of carbonyl (C=O) groups excluding carboxylic acids is 1. The Morgan fingerprint density at radius 2 is 1.96 bits per heavy atom. The minimum absolute atomic E-state index is 0.179. The summed E-state index contributed by atoms with van der Waals surface area (Å²) in [5.41, 5.74) is 3.33. The van der Waals surface area contributed by atoms with Gasteiger partial charge in [0.1, 0.15) is 0 Å². The van der Waals surface area contributed by atoms with Crippen LogP contribution in [-0.2, 0) is 24.4 Å². The van der Waals surface area contributed by atoms with E-state index < -0.39 is 0 Å². The van der Waals surface area contributed by atoms with Crippen LogP contribution in [0, 0.1) is 0 Å². The largest absolute Gasteiger partial charge is 0.376 e. The normalized spacial score (nSPS) is 17.7. The first-order valence-corrected chi connectivity index (χ1v) is 9.01. The number of pyridine rings is 1. The molecule has 1 aliphatic heterocycles. The number of hydrogen-bond donors (Lipinski definition) is 2. The molecule has 6 heteroatoms. The van der Waals surface area contributed by atoms with Crippen molar-refractivity contribution in [1.29, 1.82) is 0 Å². The lowest BCUT2D eigenvalue weighted by Crippen LogP contribution is -2.40. The maximum atomic E-state index is 12.0. The summed E-state index contributed by atoms with van der Waals surface area (Å²) < 4.78 is 5.59. The van der Waals surface area contributed by atoms with Crippen molar-refractivity contribution in [2.24, 2.45) is 0 Å². The van der Waals surface area contributed by atoms with Crippen molar-refractivity contribution in [1.82, 2.24) is 20.5 Å². The van der Waals surface area contributed by atoms with Crippen molar-refractivity contribution >= 4 is 6.03 Å². The predicted octanol–water partition coefficient (Wildman–Crippen LogP) is 2.30. The summed E-state index contributed by atoms with van der Waals surface area (Å²) in [5.74, 6) is 0. The van der Waals surface area contributed by atoms with Gasteiger partial charge in [-0.15, -0.1) is 0 Å². The second kappa shape index (κ2) is 9.31. The highest BCUT2D eigenvalue weighted by molar-refractivity contribution is 5.73. The quantitative estimate of drug-likeness (QED) is 0.835. The van der Waals surface area contributed by atoms with Crippen molar-refractivity contribution < 1.29 is 9.53 Å². The molecule has 1 saturated heterocycles. The van der Waals surface area contributed by atoms with Crippen LogP contribution in [-0.4, -0.2) is 41.7 Å². The molecule has 1 unspecified atom stereocenters. The third-order valence-electron chi connectivity index (χ3n) is 4.35. The van der Waals surface area contributed by atoms with Gasteiger partial charge >= 0.3 is 6.03 Å². The lowest BCUT2D eigenvalue weighted by molar-refractivity contribution is -0.0212. The van der Waals surface area contributed by atoms with Crippen LogP contribution in [0.2, 0.25) is 0 Å². The first-order valence-electron chi connectivity index (χ1n) is 9.01. The minimum Gasteiger partial charge on any atom is -0.376 e. The summed E-state index contributed by atoms with van der Waals surface area (Å²) in [5, 5.41) is 5.75. The molecule has 0 radical (unpaired) electrons. The number of nitrogens with one attached hydrogen (secondary N) is 2. The molecule has 3 rings (SSSR count). The molecule has 1 aliphatic rings. The second-order valence-corrected chi connectivity index (χ2v) is 6.63. The number of aromatic nitrogens is 1. The zero-order valence-corrected chi connectivity index (χ0v) is 15.1. The molecule has 2 heterocycles. The highest BCUT2D eigenvalue weighted by atomic mass is 16.5. The SMILES string of the molecule is CC1CN(Cc2cccc(CNC(=O)NCc3cccnc3)c2)CCO1. The fourth-order valence-electron chi connectivity index (χ4n) is 3.06. The van der Waals surface area contributed by atoms with Crippen LogP contribution in [0.1, 0.15) is 23.6 Å². The maximum absolute atomic E-state index is 12.0. The van der Waals surface area contributed by atoms with E-state index in [4.69, 9.17) is 4.74 Å². The number of urea groups is 1. The Labute approximate surface area is 154 Å². The van der Waals surface area contributed by atoms with E-state index in [-0.39, 0.29) is 12.1 Å². The van der Waals surface area contributed by atoms with Crippen LogP contribution >= 0.6 is 0 Å². The number of morpholine rings is 1. The molecule has 1 aromatic carbocycles. The molecule has 2 N–H and O–H groups in total. The number of nitrogens with zero attached hydrogens (tertiary/aromatic N) is 2. The van der Waals surface area contributed by atoms with Crippen LogP contribution in [0.3, 0.4) is 0 Å². The Kier molecular flexibility index (Phi) is 6.57. The summed E-state index contributed by atoms with van der Waals surface area (Å²) in [6, 6.07) is 12.0. The molecule has 138 valence electrons. The average Bonchev–Trinajstić information content (AvgIpc) is 2.66. The van der Waals surface area contributed by atoms with E-state index in [9.17, 15) is 4.79 Å². The summed E-state index contributed by atoms with van der Waals surface area (Å²) in [7, 11) is 0. The van der Waals surface area contributed by atoms with Crippen LogP contribution < -0.4 is 10.6 Å². The zero-order valence-electron chi connectivity index (χ0n) is 15.1. The van der Waals surface area contributed by atoms with Gasteiger partial charge in [-0.05, 0) is 29.7 Å². The minimum atomic E-state index is -0.179. The topological polar surface area (TPSA) is 66.5 Å². The van der Waals surface area contributed by atoms with E-state index in [1.165, 1.54) is 5.56 Å². The molecule has 2 aromatic rings. The average molecular weight is 354 g/mol. The van der Waals surface area contributed by atoms with Gasteiger partial charge in [-0.25, -0.2) is 4.79 Å². The third kappa shape index (κ3) is 5.82. The molecule has 6 nitrogen and oxygen atoms in total. The first-order chi connectivity index (χ1) is 12.7. The van der Waals surface area contributed by atoms with Gasteiger partial charge in [0, 0.05) is 45.1 Å². The molecule has 0 spiro atoms. The van der Waals surface area contributed by atoms with Crippen molar-refractivity contribution in [3.05, 3.63) is 65.5 Å². The highest BCUT2D eigenvalue weighted by Crippen LogP contribution is 2.12. The van der Waals surface area contributed by atoms with Crippen LogP contribution in [0.25, 0.3) is 0 Å². The number of hydrogen-bond acceptors (Lipinski definition) is 4. The Morgan fingerprint density at radius 1 is 1.19 bits per heavy atom. The second-order valence-electron chi connectivity index (χ2n) is 6.63. The van der Waals surface area contributed by atoms with E-state index in [0.717, 1.165) is 37.4 Å². The van der Waals surface area contributed by atoms with Gasteiger partial charge in [0.15, 0.2) is 0 Å². The smallest absolute Gasteiger partial charge is 0.315 e. The maximum Gasteiger partial charge on any atom is 0.315 e. The molecule has 1 aromatic heterocycles. The lowest BCUT2D eigenvalue weighted by atomic mass is 10.1. The molecule has 0 bridgehead atoms. The van der Waals surface area contributed by atoms with Crippen molar-refractivity contribution in [2.45, 2.75) is 32.7 Å². The fourth-order valence-corrected chi connectivity index (χ4v) is 3.06. The molecular weight excluding hydrogens is 328 g/mol. The standard InChI is InChI=1S/C20H26N4O2/c1-16-14-24(8-9-26-16)15-18-5-2-4-17(10-18)12-22-20(25)23-13-19-6-3-7-21-11-19/h2-7,10-11,16H,8-9,12-15H2,1H3,(H2,22,23,25). The lowest BCUT2D eigenvalue weighted by Gasteiger charge is -2.31. The number of carbonyl (C=O) groups is 1. The van der Waals surface area contributed by atoms with Gasteiger partial charge in [0.2, 0.25) is 0 Å². The number of ether oxygens (including phenoxy) is 1. The molecule has 26 heavy (non-hydrogen) atoms. The van der Waals surface area contributed by atoms with E-state index in [2.05, 4.69) is 39.6 Å². The van der Waals surface area contributed by atoms with Crippen molar-refractivity contribution in [3.63, 3.8) is 0 Å². The van der Waals surface area contributed by atoms with E-state index in [0.29, 0.717) is 13.1 Å². The van der Waals surface area contributed by atoms with Crippen LogP contribution in [0.15, 0.2) is 48.8 Å².